The van der Waals surface area contributed by atoms with Crippen LogP contribution in [0.25, 0.3) is 0 Å². The zero-order valence-electron chi connectivity index (χ0n) is 14.1. The van der Waals surface area contributed by atoms with E-state index in [0.717, 1.165) is 24.0 Å². The number of carbonyl (C=O) groups excluding carboxylic acids is 2. The van der Waals surface area contributed by atoms with Gasteiger partial charge in [0.15, 0.2) is 6.61 Å². The second kappa shape index (κ2) is 8.53. The standard InChI is InChI=1S/C18H19ClN2O4S/c19-16-5-4-15(26-16)11-20-6-8-21(9-7-20)17(23)12-25-18(24)13-2-1-3-14(22)10-13/h1-5,10,22H,6-9,11-12H2. The Morgan fingerprint density at radius 3 is 2.58 bits per heavy atom. The van der Waals surface area contributed by atoms with Gasteiger partial charge in [0, 0.05) is 37.6 Å². The van der Waals surface area contributed by atoms with Crippen LogP contribution in [0, 0.1) is 0 Å². The highest BCUT2D eigenvalue weighted by Crippen LogP contribution is 2.23. The van der Waals surface area contributed by atoms with Crippen LogP contribution in [0.4, 0.5) is 0 Å². The van der Waals surface area contributed by atoms with E-state index in [1.807, 2.05) is 12.1 Å². The Morgan fingerprint density at radius 1 is 1.15 bits per heavy atom. The molecule has 1 amide bonds. The van der Waals surface area contributed by atoms with Gasteiger partial charge in [-0.15, -0.1) is 11.3 Å². The Kier molecular flexibility index (Phi) is 6.13. The lowest BCUT2D eigenvalue weighted by atomic mass is 10.2. The van der Waals surface area contributed by atoms with Gasteiger partial charge in [0.2, 0.25) is 0 Å². The van der Waals surface area contributed by atoms with Gasteiger partial charge in [-0.05, 0) is 30.3 Å². The molecule has 26 heavy (non-hydrogen) atoms. The van der Waals surface area contributed by atoms with E-state index in [0.29, 0.717) is 13.1 Å². The van der Waals surface area contributed by atoms with Gasteiger partial charge < -0.3 is 14.7 Å². The molecule has 0 atom stereocenters. The molecule has 1 aliphatic rings. The number of ether oxygens (including phenoxy) is 1. The Balaban J connectivity index is 1.42. The molecule has 1 N–H and O–H groups in total. The molecule has 1 aromatic heterocycles. The highest BCUT2D eigenvalue weighted by molar-refractivity contribution is 7.16. The summed E-state index contributed by atoms with van der Waals surface area (Å²) in [5.41, 5.74) is 0.220. The van der Waals surface area contributed by atoms with E-state index in [1.165, 1.54) is 23.1 Å². The summed E-state index contributed by atoms with van der Waals surface area (Å²) in [6.07, 6.45) is 0. The van der Waals surface area contributed by atoms with Crippen LogP contribution < -0.4 is 0 Å². The van der Waals surface area contributed by atoms with E-state index in [1.54, 1.807) is 22.3 Å². The SMILES string of the molecule is O=C(OCC(=O)N1CCN(Cc2ccc(Cl)s2)CC1)c1cccc(O)c1. The molecule has 3 rings (SSSR count). The van der Waals surface area contributed by atoms with Crippen molar-refractivity contribution in [3.8, 4) is 5.75 Å². The lowest BCUT2D eigenvalue weighted by molar-refractivity contribution is -0.136. The zero-order valence-corrected chi connectivity index (χ0v) is 15.6. The fourth-order valence-electron chi connectivity index (χ4n) is 2.75. The number of piperazine rings is 1. The number of aromatic hydroxyl groups is 1. The average molecular weight is 395 g/mol. The fourth-order valence-corrected chi connectivity index (χ4v) is 3.88. The van der Waals surface area contributed by atoms with Gasteiger partial charge >= 0.3 is 5.97 Å². The van der Waals surface area contributed by atoms with Crippen LogP contribution in [-0.2, 0) is 16.1 Å². The van der Waals surface area contributed by atoms with Crippen LogP contribution in [0.2, 0.25) is 4.34 Å². The van der Waals surface area contributed by atoms with E-state index < -0.39 is 5.97 Å². The normalized spacial score (nSPS) is 15.0. The number of hydrogen-bond donors (Lipinski definition) is 1. The van der Waals surface area contributed by atoms with Gasteiger partial charge in [-0.2, -0.15) is 0 Å². The first-order valence-corrected chi connectivity index (χ1v) is 9.41. The predicted molar refractivity (Wildman–Crippen MR) is 99.6 cm³/mol. The number of benzene rings is 1. The Labute approximate surface area is 160 Å². The molecule has 0 saturated carbocycles. The first kappa shape index (κ1) is 18.7. The summed E-state index contributed by atoms with van der Waals surface area (Å²) in [4.78, 5) is 29.3. The first-order valence-electron chi connectivity index (χ1n) is 8.22. The largest absolute Gasteiger partial charge is 0.508 e. The average Bonchev–Trinajstić information content (AvgIpc) is 3.04. The number of rotatable bonds is 5. The topological polar surface area (TPSA) is 70.1 Å². The van der Waals surface area contributed by atoms with E-state index in [4.69, 9.17) is 16.3 Å². The second-order valence-corrected chi connectivity index (χ2v) is 7.79. The van der Waals surface area contributed by atoms with Crippen LogP contribution in [0.3, 0.4) is 0 Å². The number of phenolic OH excluding ortho intramolecular Hbond substituents is 1. The number of nitrogens with zero attached hydrogens (tertiary/aromatic N) is 2. The number of esters is 1. The zero-order chi connectivity index (χ0) is 18.5. The molecule has 1 saturated heterocycles. The molecule has 1 aliphatic heterocycles. The lowest BCUT2D eigenvalue weighted by Gasteiger charge is -2.34. The van der Waals surface area contributed by atoms with Crippen LogP contribution >= 0.6 is 22.9 Å². The van der Waals surface area contributed by atoms with Crippen LogP contribution in [0.1, 0.15) is 15.2 Å². The molecule has 0 aliphatic carbocycles. The number of hydrogen-bond acceptors (Lipinski definition) is 6. The van der Waals surface area contributed by atoms with Gasteiger partial charge in [-0.3, -0.25) is 9.69 Å². The van der Waals surface area contributed by atoms with E-state index >= 15 is 0 Å². The summed E-state index contributed by atoms with van der Waals surface area (Å²) in [5, 5.41) is 9.38. The maximum absolute atomic E-state index is 12.2. The monoisotopic (exact) mass is 394 g/mol. The molecule has 0 bridgehead atoms. The third kappa shape index (κ3) is 4.97. The minimum Gasteiger partial charge on any atom is -0.508 e. The molecule has 1 fully saturated rings. The fraction of sp³-hybridized carbons (Fsp3) is 0.333. The summed E-state index contributed by atoms with van der Waals surface area (Å²) in [7, 11) is 0. The second-order valence-electron chi connectivity index (χ2n) is 5.99. The molecular formula is C18H19ClN2O4S. The molecule has 6 nitrogen and oxygen atoms in total. The number of carbonyl (C=O) groups is 2. The number of amides is 1. The molecule has 0 unspecified atom stereocenters. The smallest absolute Gasteiger partial charge is 0.338 e. The van der Waals surface area contributed by atoms with Crippen molar-refractivity contribution in [2.24, 2.45) is 0 Å². The van der Waals surface area contributed by atoms with Crippen molar-refractivity contribution < 1.29 is 19.4 Å². The maximum atomic E-state index is 12.2. The molecule has 138 valence electrons. The Bertz CT molecular complexity index is 787. The molecule has 8 heteroatoms. The van der Waals surface area contributed by atoms with Crippen LogP contribution in [-0.4, -0.2) is 59.6 Å². The van der Waals surface area contributed by atoms with Crippen molar-refractivity contribution in [1.82, 2.24) is 9.80 Å². The highest BCUT2D eigenvalue weighted by atomic mass is 35.5. The van der Waals surface area contributed by atoms with Crippen molar-refractivity contribution in [1.29, 1.82) is 0 Å². The van der Waals surface area contributed by atoms with Crippen molar-refractivity contribution in [2.45, 2.75) is 6.54 Å². The summed E-state index contributed by atoms with van der Waals surface area (Å²) < 4.78 is 5.84. The van der Waals surface area contributed by atoms with Crippen molar-refractivity contribution in [2.75, 3.05) is 32.8 Å². The Hall–Kier alpha value is -2.09. The van der Waals surface area contributed by atoms with E-state index in [9.17, 15) is 14.7 Å². The van der Waals surface area contributed by atoms with Crippen molar-refractivity contribution in [3.63, 3.8) is 0 Å². The lowest BCUT2D eigenvalue weighted by Crippen LogP contribution is -2.49. The summed E-state index contributed by atoms with van der Waals surface area (Å²) in [6.45, 7) is 3.26. The third-order valence-electron chi connectivity index (χ3n) is 4.14. The molecular weight excluding hydrogens is 376 g/mol. The predicted octanol–water partition coefficient (Wildman–Crippen LogP) is 2.61. The molecule has 2 heterocycles. The minimum atomic E-state index is -0.623. The molecule has 2 aromatic rings. The van der Waals surface area contributed by atoms with Gasteiger partial charge in [0.25, 0.3) is 5.91 Å². The van der Waals surface area contributed by atoms with Gasteiger partial charge in [0.1, 0.15) is 5.75 Å². The molecule has 1 aromatic carbocycles. The van der Waals surface area contributed by atoms with E-state index in [2.05, 4.69) is 4.90 Å². The summed E-state index contributed by atoms with van der Waals surface area (Å²) in [6, 6.07) is 9.76. The van der Waals surface area contributed by atoms with Crippen LogP contribution in [0.15, 0.2) is 36.4 Å². The Morgan fingerprint density at radius 2 is 1.92 bits per heavy atom. The quantitative estimate of drug-likeness (QED) is 0.789. The van der Waals surface area contributed by atoms with Gasteiger partial charge in [-0.1, -0.05) is 17.7 Å². The number of halogens is 1. The van der Waals surface area contributed by atoms with Gasteiger partial charge in [0.05, 0.1) is 9.90 Å². The van der Waals surface area contributed by atoms with E-state index in [-0.39, 0.29) is 23.8 Å². The van der Waals surface area contributed by atoms with Crippen LogP contribution in [0.5, 0.6) is 5.75 Å². The minimum absolute atomic E-state index is 0.0195. The third-order valence-corrected chi connectivity index (χ3v) is 5.36. The van der Waals surface area contributed by atoms with Crippen molar-refractivity contribution >= 4 is 34.8 Å². The van der Waals surface area contributed by atoms with Gasteiger partial charge in [-0.25, -0.2) is 4.79 Å². The maximum Gasteiger partial charge on any atom is 0.338 e. The number of phenols is 1. The molecule has 0 spiro atoms. The van der Waals surface area contributed by atoms with Crippen molar-refractivity contribution in [3.05, 3.63) is 51.2 Å². The summed E-state index contributed by atoms with van der Waals surface area (Å²) >= 11 is 7.51. The number of thiophene rings is 1. The molecule has 0 radical (unpaired) electrons. The highest BCUT2D eigenvalue weighted by Gasteiger charge is 2.22. The summed E-state index contributed by atoms with van der Waals surface area (Å²) in [5.74, 6) is -0.853. The first-order chi connectivity index (χ1) is 12.5.